The van der Waals surface area contributed by atoms with E-state index in [1.807, 2.05) is 84.9 Å². The zero-order valence-corrected chi connectivity index (χ0v) is 22.4. The fourth-order valence-electron chi connectivity index (χ4n) is 0.778. The molecule has 190 valence electrons. The van der Waals surface area contributed by atoms with Crippen molar-refractivity contribution in [1.29, 1.82) is 0 Å². The van der Waals surface area contributed by atoms with Gasteiger partial charge in [0.2, 0.25) is 0 Å². The molecule has 1 rings (SSSR count). The molecule has 0 aliphatic carbocycles. The molecule has 0 saturated carbocycles. The van der Waals surface area contributed by atoms with Crippen molar-refractivity contribution in [2.24, 2.45) is 0 Å². The van der Waals surface area contributed by atoms with Crippen LogP contribution in [0.4, 0.5) is 0 Å². The van der Waals surface area contributed by atoms with Gasteiger partial charge in [0, 0.05) is 0 Å². The van der Waals surface area contributed by atoms with Gasteiger partial charge in [-0.3, -0.25) is 4.79 Å². The average Bonchev–Trinajstić information content (AvgIpc) is 2.72. The summed E-state index contributed by atoms with van der Waals surface area (Å²) in [5.41, 5.74) is 1.06. The standard InChI is InChI=1S/C10H10O.7C3H6.CH4/c1-9(11)7-8-10-5-3-2-4-6-10;7*1-3-2;/h2-8H,1H3;7*3H,1H2,2H3;1H4/b8-7+;;;;;;;;. The van der Waals surface area contributed by atoms with Crippen molar-refractivity contribution < 1.29 is 4.79 Å². The van der Waals surface area contributed by atoms with Gasteiger partial charge in [0.1, 0.15) is 0 Å². The van der Waals surface area contributed by atoms with Gasteiger partial charge in [-0.1, -0.05) is 86.4 Å². The highest BCUT2D eigenvalue weighted by Crippen LogP contribution is 2.00. The first-order chi connectivity index (χ1) is 15.2. The van der Waals surface area contributed by atoms with Gasteiger partial charge >= 0.3 is 0 Å². The molecule has 0 aromatic heterocycles. The van der Waals surface area contributed by atoms with Crippen molar-refractivity contribution in [2.75, 3.05) is 0 Å². The third-order valence-corrected chi connectivity index (χ3v) is 1.31. The lowest BCUT2D eigenvalue weighted by Crippen LogP contribution is -1.79. The molecule has 1 heteroatoms. The second-order valence-corrected chi connectivity index (χ2v) is 5.21. The Morgan fingerprint density at radius 1 is 0.576 bits per heavy atom. The number of rotatable bonds is 2. The third-order valence-electron chi connectivity index (χ3n) is 1.31. The Kier molecular flexibility index (Phi) is 124. The summed E-state index contributed by atoms with van der Waals surface area (Å²) in [6, 6.07) is 9.75. The smallest absolute Gasteiger partial charge is 0.152 e. The molecule has 0 unspecified atom stereocenters. The molecule has 0 heterocycles. The summed E-state index contributed by atoms with van der Waals surface area (Å²) in [7, 11) is 0. The van der Waals surface area contributed by atoms with Crippen LogP contribution in [0.25, 0.3) is 6.08 Å². The van der Waals surface area contributed by atoms with Crippen molar-refractivity contribution in [2.45, 2.75) is 62.8 Å². The fraction of sp³-hybridized carbons (Fsp3) is 0.281. The minimum Gasteiger partial charge on any atom is -0.295 e. The molecule has 0 atom stereocenters. The second-order valence-electron chi connectivity index (χ2n) is 5.21. The molecule has 0 N–H and O–H groups in total. The number of carbonyl (C=O) groups is 1. The van der Waals surface area contributed by atoms with Crippen LogP contribution < -0.4 is 0 Å². The zero-order valence-electron chi connectivity index (χ0n) is 22.4. The average molecular weight is 457 g/mol. The molecule has 0 bridgehead atoms. The van der Waals surface area contributed by atoms with Gasteiger partial charge in [0.25, 0.3) is 0 Å². The molecular formula is C32H56O. The Balaban J connectivity index is -0.0000000403. The van der Waals surface area contributed by atoms with Crippen LogP contribution in [0.3, 0.4) is 0 Å². The topological polar surface area (TPSA) is 17.1 Å². The Morgan fingerprint density at radius 3 is 0.970 bits per heavy atom. The van der Waals surface area contributed by atoms with E-state index in [2.05, 4.69) is 46.1 Å². The maximum absolute atomic E-state index is 10.5. The summed E-state index contributed by atoms with van der Waals surface area (Å²) in [6.07, 6.45) is 15.6. The van der Waals surface area contributed by atoms with E-state index in [0.29, 0.717) is 0 Å². The van der Waals surface area contributed by atoms with Crippen LogP contribution in [-0.4, -0.2) is 5.78 Å². The Bertz CT molecular complexity index is 472. The highest BCUT2D eigenvalue weighted by Gasteiger charge is 1.83. The Hall–Kier alpha value is -3.19. The fourth-order valence-corrected chi connectivity index (χ4v) is 0.778. The molecule has 1 nitrogen and oxygen atoms in total. The van der Waals surface area contributed by atoms with E-state index < -0.39 is 0 Å². The van der Waals surface area contributed by atoms with E-state index in [1.165, 1.54) is 0 Å². The van der Waals surface area contributed by atoms with E-state index in [4.69, 9.17) is 0 Å². The lowest BCUT2D eigenvalue weighted by Gasteiger charge is -1.88. The van der Waals surface area contributed by atoms with Gasteiger partial charge in [-0.25, -0.2) is 0 Å². The van der Waals surface area contributed by atoms with Gasteiger partial charge in [-0.2, -0.15) is 0 Å². The largest absolute Gasteiger partial charge is 0.295 e. The molecule has 1 aromatic carbocycles. The summed E-state index contributed by atoms with van der Waals surface area (Å²) in [6.45, 7) is 38.3. The lowest BCUT2D eigenvalue weighted by atomic mass is 10.2. The number of hydrogen-bond acceptors (Lipinski definition) is 1. The number of allylic oxidation sites excluding steroid dienone is 8. The summed E-state index contributed by atoms with van der Waals surface area (Å²) in [4.78, 5) is 10.5. The first-order valence-corrected chi connectivity index (χ1v) is 10.4. The van der Waals surface area contributed by atoms with E-state index in [-0.39, 0.29) is 13.2 Å². The van der Waals surface area contributed by atoms with E-state index >= 15 is 0 Å². The molecular weight excluding hydrogens is 400 g/mol. The van der Waals surface area contributed by atoms with E-state index in [9.17, 15) is 4.79 Å². The molecule has 33 heavy (non-hydrogen) atoms. The van der Waals surface area contributed by atoms with Crippen molar-refractivity contribution >= 4 is 11.9 Å². The number of hydrogen-bond donors (Lipinski definition) is 0. The molecule has 0 spiro atoms. The van der Waals surface area contributed by atoms with Gasteiger partial charge in [0.05, 0.1) is 0 Å². The van der Waals surface area contributed by atoms with Gasteiger partial charge in [0.15, 0.2) is 5.78 Å². The maximum Gasteiger partial charge on any atom is 0.152 e. The first kappa shape index (κ1) is 52.0. The number of benzene rings is 1. The predicted molar refractivity (Wildman–Crippen MR) is 164 cm³/mol. The van der Waals surface area contributed by atoms with Gasteiger partial charge < -0.3 is 0 Å². The predicted octanol–water partition coefficient (Wildman–Crippen LogP) is 11.3. The second kappa shape index (κ2) is 78.9. The van der Waals surface area contributed by atoms with Gasteiger partial charge in [-0.05, 0) is 67.0 Å². The van der Waals surface area contributed by atoms with Gasteiger partial charge in [-0.15, -0.1) is 46.1 Å². The quantitative estimate of drug-likeness (QED) is 0.319. The van der Waals surface area contributed by atoms with Crippen LogP contribution in [0.2, 0.25) is 0 Å². The molecule has 0 radical (unpaired) electrons. The van der Waals surface area contributed by atoms with Crippen LogP contribution >= 0.6 is 0 Å². The summed E-state index contributed by atoms with van der Waals surface area (Å²) in [5, 5.41) is 0. The van der Waals surface area contributed by atoms with E-state index in [0.717, 1.165) is 5.56 Å². The first-order valence-electron chi connectivity index (χ1n) is 10.4. The van der Waals surface area contributed by atoms with Crippen LogP contribution in [-0.2, 0) is 4.79 Å². The van der Waals surface area contributed by atoms with Crippen molar-refractivity contribution in [3.05, 3.63) is 131 Å². The van der Waals surface area contributed by atoms with Crippen LogP contribution in [0.5, 0.6) is 0 Å². The SMILES string of the molecule is C.C=CC.C=CC.C=CC.C=CC.C=CC.C=CC.C=CC.CC(=O)/C=C/c1ccccc1. The maximum atomic E-state index is 10.5. The summed E-state index contributed by atoms with van der Waals surface area (Å²) >= 11 is 0. The lowest BCUT2D eigenvalue weighted by molar-refractivity contribution is -0.112. The van der Waals surface area contributed by atoms with Crippen molar-refractivity contribution in [3.8, 4) is 0 Å². The molecule has 1 aromatic rings. The van der Waals surface area contributed by atoms with Crippen molar-refractivity contribution in [3.63, 3.8) is 0 Å². The number of ketones is 1. The minimum atomic E-state index is 0. The Morgan fingerprint density at radius 2 is 0.788 bits per heavy atom. The molecule has 0 aliphatic heterocycles. The van der Waals surface area contributed by atoms with Crippen LogP contribution in [0.1, 0.15) is 68.4 Å². The minimum absolute atomic E-state index is 0. The molecule has 0 saturated heterocycles. The Labute approximate surface area is 210 Å². The van der Waals surface area contributed by atoms with Crippen LogP contribution in [0.15, 0.2) is 125 Å². The molecule has 0 fully saturated rings. The normalized spacial score (nSPS) is 6.18. The summed E-state index contributed by atoms with van der Waals surface area (Å²) < 4.78 is 0. The number of carbonyl (C=O) groups excluding carboxylic acids is 1. The van der Waals surface area contributed by atoms with Crippen molar-refractivity contribution in [1.82, 2.24) is 0 Å². The monoisotopic (exact) mass is 456 g/mol. The van der Waals surface area contributed by atoms with E-state index in [1.54, 1.807) is 55.5 Å². The molecule has 0 aliphatic rings. The molecule has 0 amide bonds. The van der Waals surface area contributed by atoms with Crippen LogP contribution in [0, 0.1) is 0 Å². The highest BCUT2D eigenvalue weighted by molar-refractivity contribution is 5.91. The zero-order chi connectivity index (χ0) is 27.1. The highest BCUT2D eigenvalue weighted by atomic mass is 16.1. The third kappa shape index (κ3) is 215. The summed E-state index contributed by atoms with van der Waals surface area (Å²) in [5.74, 6) is 0.0776.